The summed E-state index contributed by atoms with van der Waals surface area (Å²) in [5.74, 6) is 0.117. The maximum absolute atomic E-state index is 13.4. The lowest BCUT2D eigenvalue weighted by Gasteiger charge is -2.33. The lowest BCUT2D eigenvalue weighted by molar-refractivity contribution is -0.134. The molecule has 0 spiro atoms. The number of nitrogens with zero attached hydrogens (tertiary/aromatic N) is 2. The summed E-state index contributed by atoms with van der Waals surface area (Å²) in [5.41, 5.74) is 6.00. The Labute approximate surface area is 200 Å². The first-order valence-corrected chi connectivity index (χ1v) is 12.6. The second-order valence-electron chi connectivity index (χ2n) is 8.45. The minimum absolute atomic E-state index is 0.0489. The molecule has 0 aliphatic carbocycles. The van der Waals surface area contributed by atoms with E-state index in [1.165, 1.54) is 32.4 Å². The summed E-state index contributed by atoms with van der Waals surface area (Å²) in [6.45, 7) is 3.63. The Morgan fingerprint density at radius 3 is 2.50 bits per heavy atom. The van der Waals surface area contributed by atoms with E-state index in [2.05, 4.69) is 11.6 Å². The third-order valence-corrected chi connectivity index (χ3v) is 7.58. The molecule has 1 fully saturated rings. The summed E-state index contributed by atoms with van der Waals surface area (Å²) in [5, 5.41) is 0. The number of hydrogen-bond acceptors (Lipinski definition) is 7. The van der Waals surface area contributed by atoms with E-state index in [0.717, 1.165) is 12.8 Å². The van der Waals surface area contributed by atoms with E-state index in [0.29, 0.717) is 31.4 Å². The Morgan fingerprint density at radius 2 is 1.91 bits per heavy atom. The van der Waals surface area contributed by atoms with Crippen molar-refractivity contribution in [3.8, 4) is 5.75 Å². The van der Waals surface area contributed by atoms with Gasteiger partial charge in [0.2, 0.25) is 15.9 Å². The summed E-state index contributed by atoms with van der Waals surface area (Å²) in [6.07, 6.45) is 3.70. The number of ether oxygens (including phenoxy) is 2. The number of rotatable bonds is 9. The average Bonchev–Trinajstić information content (AvgIpc) is 3.25. The van der Waals surface area contributed by atoms with Crippen LogP contribution in [0, 0.1) is 5.92 Å². The van der Waals surface area contributed by atoms with Crippen molar-refractivity contribution >= 4 is 27.7 Å². The third-order valence-electron chi connectivity index (χ3n) is 6.09. The van der Waals surface area contributed by atoms with Gasteiger partial charge in [0, 0.05) is 25.8 Å². The zero-order chi connectivity index (χ0) is 24.9. The number of sulfonamides is 1. The van der Waals surface area contributed by atoms with Crippen molar-refractivity contribution in [2.45, 2.75) is 43.7 Å². The molecule has 3 N–H and O–H groups in total. The van der Waals surface area contributed by atoms with Gasteiger partial charge in [-0.25, -0.2) is 13.2 Å². The van der Waals surface area contributed by atoms with E-state index in [-0.39, 0.29) is 28.5 Å². The molecule has 0 bridgehead atoms. The highest BCUT2D eigenvalue weighted by atomic mass is 32.2. The second kappa shape index (κ2) is 10.9. The smallest absolute Gasteiger partial charge is 0.337 e. The van der Waals surface area contributed by atoms with Crippen molar-refractivity contribution in [3.63, 3.8) is 0 Å². The number of likely N-dealkylation sites (tertiary alicyclic amines) is 1. The second-order valence-corrected chi connectivity index (χ2v) is 10.1. The predicted molar refractivity (Wildman–Crippen MR) is 127 cm³/mol. The topological polar surface area (TPSA) is 133 Å². The van der Waals surface area contributed by atoms with E-state index in [1.807, 2.05) is 0 Å². The van der Waals surface area contributed by atoms with Crippen LogP contribution in [0.25, 0.3) is 0 Å². The number of nitrogen functional groups attached to an aromatic ring is 1. The van der Waals surface area contributed by atoms with Crippen molar-refractivity contribution in [1.82, 2.24) is 14.2 Å². The molecule has 186 valence electrons. The van der Waals surface area contributed by atoms with E-state index >= 15 is 0 Å². The lowest BCUT2D eigenvalue weighted by atomic mass is 9.98. The van der Waals surface area contributed by atoms with Crippen LogP contribution in [-0.4, -0.2) is 63.1 Å². The fourth-order valence-corrected chi connectivity index (χ4v) is 5.38. The molecule has 10 nitrogen and oxygen atoms in total. The first kappa shape index (κ1) is 25.6. The van der Waals surface area contributed by atoms with Crippen LogP contribution in [0.4, 0.5) is 5.82 Å². The molecule has 1 aromatic carbocycles. The van der Waals surface area contributed by atoms with Crippen LogP contribution in [0.3, 0.4) is 0 Å². The lowest BCUT2D eigenvalue weighted by Crippen LogP contribution is -2.51. The van der Waals surface area contributed by atoms with Gasteiger partial charge in [0.15, 0.2) is 0 Å². The van der Waals surface area contributed by atoms with E-state index in [4.69, 9.17) is 15.2 Å². The van der Waals surface area contributed by atoms with Crippen molar-refractivity contribution in [2.24, 2.45) is 5.92 Å². The van der Waals surface area contributed by atoms with Crippen LogP contribution < -0.4 is 15.2 Å². The monoisotopic (exact) mass is 492 g/mol. The number of piperidine rings is 1. The maximum atomic E-state index is 13.4. The highest BCUT2D eigenvalue weighted by Gasteiger charge is 2.32. The van der Waals surface area contributed by atoms with Crippen LogP contribution in [-0.2, 0) is 26.1 Å². The molecule has 1 amide bonds. The molecule has 1 aliphatic rings. The summed E-state index contributed by atoms with van der Waals surface area (Å²) < 4.78 is 41.0. The predicted octanol–water partition coefficient (Wildman–Crippen LogP) is 1.86. The Morgan fingerprint density at radius 1 is 1.21 bits per heavy atom. The summed E-state index contributed by atoms with van der Waals surface area (Å²) >= 11 is 0. The summed E-state index contributed by atoms with van der Waals surface area (Å²) in [6, 6.07) is 6.47. The number of nitrogens with two attached hydrogens (primary N) is 1. The maximum Gasteiger partial charge on any atom is 0.337 e. The van der Waals surface area contributed by atoms with Crippen LogP contribution in [0.5, 0.6) is 5.75 Å². The SMILES string of the molecule is COC(=O)c1ccc(OC)c(S(=O)(=O)NC(CCn2cccc2N)C(=O)N2CCC(C)CC2)c1. The number of aromatic nitrogens is 1. The Hall–Kier alpha value is -3.05. The number of carbonyl (C=O) groups excluding carboxylic acids is 2. The zero-order valence-electron chi connectivity index (χ0n) is 19.7. The molecule has 1 aliphatic heterocycles. The van der Waals surface area contributed by atoms with E-state index in [9.17, 15) is 18.0 Å². The van der Waals surface area contributed by atoms with Gasteiger partial charge in [-0.15, -0.1) is 0 Å². The largest absolute Gasteiger partial charge is 0.495 e. The fourth-order valence-electron chi connectivity index (χ4n) is 3.96. The van der Waals surface area contributed by atoms with Gasteiger partial charge in [-0.3, -0.25) is 4.79 Å². The number of hydrogen-bond donors (Lipinski definition) is 2. The number of methoxy groups -OCH3 is 2. The number of benzene rings is 1. The average molecular weight is 493 g/mol. The normalized spacial score (nSPS) is 15.7. The highest BCUT2D eigenvalue weighted by molar-refractivity contribution is 7.89. The van der Waals surface area contributed by atoms with Crippen molar-refractivity contribution < 1.29 is 27.5 Å². The Bertz CT molecular complexity index is 1120. The minimum Gasteiger partial charge on any atom is -0.495 e. The fraction of sp³-hybridized carbons (Fsp3) is 0.478. The van der Waals surface area contributed by atoms with Crippen LogP contribution in [0.2, 0.25) is 0 Å². The highest BCUT2D eigenvalue weighted by Crippen LogP contribution is 2.26. The molecule has 11 heteroatoms. The van der Waals surface area contributed by atoms with Gasteiger partial charge in [0.25, 0.3) is 0 Å². The quantitative estimate of drug-likeness (QED) is 0.511. The van der Waals surface area contributed by atoms with E-state index in [1.54, 1.807) is 27.8 Å². The van der Waals surface area contributed by atoms with Crippen LogP contribution in [0.1, 0.15) is 36.5 Å². The summed E-state index contributed by atoms with van der Waals surface area (Å²) in [4.78, 5) is 26.8. The molecular formula is C23H32N4O6S. The Kier molecular flexibility index (Phi) is 8.21. The van der Waals surface area contributed by atoms with Gasteiger partial charge in [-0.1, -0.05) is 6.92 Å². The molecule has 1 aromatic heterocycles. The first-order valence-electron chi connectivity index (χ1n) is 11.1. The number of aryl methyl sites for hydroxylation is 1. The molecular weight excluding hydrogens is 460 g/mol. The summed E-state index contributed by atoms with van der Waals surface area (Å²) in [7, 11) is -1.69. The molecule has 0 saturated carbocycles. The zero-order valence-corrected chi connectivity index (χ0v) is 20.5. The molecule has 2 heterocycles. The number of esters is 1. The minimum atomic E-state index is -4.23. The van der Waals surface area contributed by atoms with Gasteiger partial charge in [-0.2, -0.15) is 4.72 Å². The molecule has 0 radical (unpaired) electrons. The van der Waals surface area contributed by atoms with Crippen molar-refractivity contribution in [1.29, 1.82) is 0 Å². The Balaban J connectivity index is 1.90. The number of anilines is 1. The third kappa shape index (κ3) is 5.89. The molecule has 34 heavy (non-hydrogen) atoms. The number of carbonyl (C=O) groups is 2. The molecule has 2 aromatic rings. The van der Waals surface area contributed by atoms with Crippen LogP contribution in [0.15, 0.2) is 41.4 Å². The van der Waals surface area contributed by atoms with Crippen molar-refractivity contribution in [2.75, 3.05) is 33.0 Å². The number of amides is 1. The van der Waals surface area contributed by atoms with Gasteiger partial charge < -0.3 is 24.7 Å². The van der Waals surface area contributed by atoms with Crippen LogP contribution >= 0.6 is 0 Å². The van der Waals surface area contributed by atoms with Gasteiger partial charge in [0.05, 0.1) is 19.8 Å². The van der Waals surface area contributed by atoms with Gasteiger partial charge in [0.1, 0.15) is 22.5 Å². The van der Waals surface area contributed by atoms with Gasteiger partial charge in [-0.05, 0) is 55.5 Å². The molecule has 3 rings (SSSR count). The molecule has 1 saturated heterocycles. The molecule has 1 atom stereocenters. The molecule has 1 unspecified atom stereocenters. The standard InChI is InChI=1S/C23H32N4O6S/c1-16-8-12-27(13-9-16)22(28)18(10-14-26-11-4-5-21(26)24)25-34(30,31)20-15-17(23(29)33-3)6-7-19(20)32-2/h4-7,11,15-16,18,25H,8-10,12-14,24H2,1-3H3. The van der Waals surface area contributed by atoms with Gasteiger partial charge >= 0.3 is 5.97 Å². The number of nitrogens with one attached hydrogen (secondary N) is 1. The van der Waals surface area contributed by atoms with E-state index < -0.39 is 22.0 Å². The van der Waals surface area contributed by atoms with Crippen molar-refractivity contribution in [3.05, 3.63) is 42.1 Å². The first-order chi connectivity index (χ1) is 16.2.